The lowest BCUT2D eigenvalue weighted by atomic mass is 10.0. The number of carbonyl (C=O) groups excluding carboxylic acids is 1. The van der Waals surface area contributed by atoms with Gasteiger partial charge in [0.05, 0.1) is 6.21 Å². The number of carbonyl (C=O) groups is 1. The number of benzene rings is 2. The molecule has 0 unspecified atom stereocenters. The van der Waals surface area contributed by atoms with E-state index in [1.54, 1.807) is 0 Å². The fourth-order valence-electron chi connectivity index (χ4n) is 1.61. The van der Waals surface area contributed by atoms with Crippen molar-refractivity contribution in [2.75, 3.05) is 7.05 Å². The second-order valence-corrected chi connectivity index (χ2v) is 3.85. The Balaban J connectivity index is 2.14. The maximum Gasteiger partial charge on any atom is 0.433 e. The standard InChI is InChI=1S/C15H14N2O2/c1-16-15(18)19-17-11-12-6-5-9-14(10-12)13-7-3-2-4-8-13/h2-11H,1H3,(H,16,18)/b17-11+. The van der Waals surface area contributed by atoms with Crippen molar-refractivity contribution in [1.29, 1.82) is 0 Å². The monoisotopic (exact) mass is 254 g/mol. The Morgan fingerprint density at radius 1 is 1.11 bits per heavy atom. The minimum Gasteiger partial charge on any atom is -0.323 e. The SMILES string of the molecule is CNC(=O)O/N=C/c1cccc(-c2ccccc2)c1. The van der Waals surface area contributed by atoms with E-state index in [2.05, 4.69) is 15.3 Å². The van der Waals surface area contributed by atoms with Crippen molar-refractivity contribution in [3.05, 3.63) is 60.2 Å². The number of hydrogen-bond donors (Lipinski definition) is 1. The zero-order valence-corrected chi connectivity index (χ0v) is 10.5. The quantitative estimate of drug-likeness (QED) is 0.520. The largest absolute Gasteiger partial charge is 0.433 e. The molecule has 0 aliphatic rings. The highest BCUT2D eigenvalue weighted by Gasteiger charge is 1.98. The van der Waals surface area contributed by atoms with Gasteiger partial charge in [0.2, 0.25) is 0 Å². The van der Waals surface area contributed by atoms with E-state index in [4.69, 9.17) is 0 Å². The van der Waals surface area contributed by atoms with Crippen LogP contribution in [0.25, 0.3) is 11.1 Å². The third-order valence-corrected chi connectivity index (χ3v) is 2.54. The predicted octanol–water partition coefficient (Wildman–Crippen LogP) is 3.04. The molecule has 0 atom stereocenters. The van der Waals surface area contributed by atoms with Crippen LogP contribution in [0.5, 0.6) is 0 Å². The summed E-state index contributed by atoms with van der Waals surface area (Å²) in [5, 5.41) is 5.92. The molecule has 0 saturated heterocycles. The van der Waals surface area contributed by atoms with Crippen LogP contribution in [0.3, 0.4) is 0 Å². The summed E-state index contributed by atoms with van der Waals surface area (Å²) in [6.07, 6.45) is 0.914. The van der Waals surface area contributed by atoms with Gasteiger partial charge in [0, 0.05) is 7.05 Å². The summed E-state index contributed by atoms with van der Waals surface area (Å²) in [7, 11) is 1.48. The number of hydrogen-bond acceptors (Lipinski definition) is 3. The van der Waals surface area contributed by atoms with Crippen LogP contribution < -0.4 is 5.32 Å². The first-order valence-electron chi connectivity index (χ1n) is 5.87. The zero-order valence-electron chi connectivity index (χ0n) is 10.5. The fraction of sp³-hybridized carbons (Fsp3) is 0.0667. The summed E-state index contributed by atoms with van der Waals surface area (Å²) in [6.45, 7) is 0. The highest BCUT2D eigenvalue weighted by molar-refractivity contribution is 5.82. The Hall–Kier alpha value is -2.62. The van der Waals surface area contributed by atoms with Gasteiger partial charge in [-0.25, -0.2) is 4.79 Å². The number of rotatable bonds is 3. The highest BCUT2D eigenvalue weighted by atomic mass is 16.7. The molecule has 0 spiro atoms. The normalized spacial score (nSPS) is 10.4. The molecule has 4 heteroatoms. The van der Waals surface area contributed by atoms with Crippen molar-refractivity contribution in [3.8, 4) is 11.1 Å². The van der Waals surface area contributed by atoms with E-state index in [1.165, 1.54) is 13.3 Å². The average Bonchev–Trinajstić information content (AvgIpc) is 2.48. The zero-order chi connectivity index (χ0) is 13.5. The van der Waals surface area contributed by atoms with E-state index in [1.807, 2.05) is 54.6 Å². The number of nitrogens with zero attached hydrogens (tertiary/aromatic N) is 1. The first kappa shape index (κ1) is 12.8. The van der Waals surface area contributed by atoms with Gasteiger partial charge in [0.25, 0.3) is 0 Å². The average molecular weight is 254 g/mol. The molecule has 0 heterocycles. The van der Waals surface area contributed by atoms with Crippen molar-refractivity contribution in [1.82, 2.24) is 5.32 Å². The van der Waals surface area contributed by atoms with Crippen LogP contribution in [0.15, 0.2) is 59.8 Å². The molecule has 0 bridgehead atoms. The van der Waals surface area contributed by atoms with Crippen molar-refractivity contribution in [2.24, 2.45) is 5.16 Å². The van der Waals surface area contributed by atoms with Gasteiger partial charge >= 0.3 is 6.09 Å². The molecule has 2 rings (SSSR count). The van der Waals surface area contributed by atoms with E-state index < -0.39 is 6.09 Å². The van der Waals surface area contributed by atoms with Crippen LogP contribution in [-0.2, 0) is 4.84 Å². The van der Waals surface area contributed by atoms with Gasteiger partial charge in [-0.05, 0) is 22.8 Å². The van der Waals surface area contributed by atoms with Crippen LogP contribution in [0, 0.1) is 0 Å². The Bertz CT molecular complexity index is 580. The van der Waals surface area contributed by atoms with E-state index >= 15 is 0 Å². The Morgan fingerprint density at radius 2 is 1.84 bits per heavy atom. The molecule has 0 saturated carbocycles. The third-order valence-electron chi connectivity index (χ3n) is 2.54. The van der Waals surface area contributed by atoms with Crippen LogP contribution in [0.2, 0.25) is 0 Å². The van der Waals surface area contributed by atoms with E-state index in [0.717, 1.165) is 16.7 Å². The Labute approximate surface area is 111 Å². The molecule has 0 radical (unpaired) electrons. The predicted molar refractivity (Wildman–Crippen MR) is 75.0 cm³/mol. The van der Waals surface area contributed by atoms with Gasteiger partial charge in [0.1, 0.15) is 0 Å². The van der Waals surface area contributed by atoms with Crippen LogP contribution in [0.4, 0.5) is 4.79 Å². The number of amides is 1. The topological polar surface area (TPSA) is 50.7 Å². The Morgan fingerprint density at radius 3 is 2.58 bits per heavy atom. The molecule has 2 aromatic carbocycles. The minimum atomic E-state index is -0.588. The van der Waals surface area contributed by atoms with E-state index in [-0.39, 0.29) is 0 Å². The first-order valence-corrected chi connectivity index (χ1v) is 5.87. The highest BCUT2D eigenvalue weighted by Crippen LogP contribution is 2.19. The summed E-state index contributed by atoms with van der Waals surface area (Å²) >= 11 is 0. The molecule has 2 aromatic rings. The maximum absolute atomic E-state index is 10.8. The molecule has 1 amide bonds. The molecule has 96 valence electrons. The second kappa shape index (κ2) is 6.35. The third kappa shape index (κ3) is 3.67. The minimum absolute atomic E-state index is 0.588. The van der Waals surface area contributed by atoms with Gasteiger partial charge < -0.3 is 5.32 Å². The lowest BCUT2D eigenvalue weighted by Crippen LogP contribution is -2.16. The second-order valence-electron chi connectivity index (χ2n) is 3.85. The maximum atomic E-state index is 10.8. The Kier molecular flexibility index (Phi) is 4.29. The van der Waals surface area contributed by atoms with Crippen molar-refractivity contribution in [3.63, 3.8) is 0 Å². The van der Waals surface area contributed by atoms with Crippen LogP contribution in [-0.4, -0.2) is 19.4 Å². The van der Waals surface area contributed by atoms with Crippen molar-refractivity contribution >= 4 is 12.3 Å². The van der Waals surface area contributed by atoms with Crippen molar-refractivity contribution in [2.45, 2.75) is 0 Å². The van der Waals surface area contributed by atoms with E-state index in [0.29, 0.717) is 0 Å². The molecule has 0 aromatic heterocycles. The number of oxime groups is 1. The molecule has 0 aliphatic carbocycles. The summed E-state index contributed by atoms with van der Waals surface area (Å²) in [5.41, 5.74) is 3.08. The summed E-state index contributed by atoms with van der Waals surface area (Å²) in [6, 6.07) is 17.9. The molecule has 4 nitrogen and oxygen atoms in total. The first-order chi connectivity index (χ1) is 9.29. The van der Waals surface area contributed by atoms with Gasteiger partial charge in [-0.3, -0.25) is 4.84 Å². The van der Waals surface area contributed by atoms with Crippen molar-refractivity contribution < 1.29 is 9.63 Å². The number of nitrogens with one attached hydrogen (secondary N) is 1. The summed E-state index contributed by atoms with van der Waals surface area (Å²) < 4.78 is 0. The lowest BCUT2D eigenvalue weighted by molar-refractivity contribution is 0.154. The summed E-state index contributed by atoms with van der Waals surface area (Å²) in [5.74, 6) is 0. The lowest BCUT2D eigenvalue weighted by Gasteiger charge is -2.02. The molecular weight excluding hydrogens is 240 g/mol. The van der Waals surface area contributed by atoms with E-state index in [9.17, 15) is 4.79 Å². The van der Waals surface area contributed by atoms with Gasteiger partial charge in [-0.15, -0.1) is 0 Å². The smallest absolute Gasteiger partial charge is 0.323 e. The van der Waals surface area contributed by atoms with Gasteiger partial charge in [0.15, 0.2) is 0 Å². The fourth-order valence-corrected chi connectivity index (χ4v) is 1.61. The molecule has 0 fully saturated rings. The molecule has 19 heavy (non-hydrogen) atoms. The van der Waals surface area contributed by atoms with Crippen LogP contribution >= 0.6 is 0 Å². The van der Waals surface area contributed by atoms with Gasteiger partial charge in [-0.1, -0.05) is 53.7 Å². The molecular formula is C15H14N2O2. The van der Waals surface area contributed by atoms with Gasteiger partial charge in [-0.2, -0.15) is 0 Å². The molecule has 0 aliphatic heterocycles. The molecule has 1 N–H and O–H groups in total. The summed E-state index contributed by atoms with van der Waals surface area (Å²) in [4.78, 5) is 15.4. The van der Waals surface area contributed by atoms with Crippen LogP contribution in [0.1, 0.15) is 5.56 Å².